The lowest BCUT2D eigenvalue weighted by molar-refractivity contribution is 0.184. The molecule has 1 saturated heterocycles. The van der Waals surface area contributed by atoms with E-state index in [2.05, 4.69) is 48.2 Å². The van der Waals surface area contributed by atoms with Crippen LogP contribution in [0.5, 0.6) is 11.5 Å². The fourth-order valence-corrected chi connectivity index (χ4v) is 5.42. The van der Waals surface area contributed by atoms with Gasteiger partial charge in [-0.25, -0.2) is 4.39 Å². The first-order valence-corrected chi connectivity index (χ1v) is 12.0. The molecule has 1 aliphatic heterocycles. The van der Waals surface area contributed by atoms with Crippen molar-refractivity contribution >= 4 is 0 Å². The van der Waals surface area contributed by atoms with E-state index in [1.807, 2.05) is 18.2 Å². The zero-order valence-corrected chi connectivity index (χ0v) is 19.2. The average Bonchev–Trinajstić information content (AvgIpc) is 3.38. The van der Waals surface area contributed by atoms with Gasteiger partial charge in [-0.1, -0.05) is 49.4 Å². The Hall–Kier alpha value is -2.85. The van der Waals surface area contributed by atoms with Crippen molar-refractivity contribution in [3.63, 3.8) is 0 Å². The van der Waals surface area contributed by atoms with Gasteiger partial charge in [-0.15, -0.1) is 0 Å². The number of rotatable bonds is 8. The normalized spacial score (nSPS) is 23.3. The lowest BCUT2D eigenvalue weighted by Crippen LogP contribution is -2.28. The highest BCUT2D eigenvalue weighted by Gasteiger charge is 2.41. The molecule has 33 heavy (non-hydrogen) atoms. The predicted molar refractivity (Wildman–Crippen MR) is 129 cm³/mol. The molecule has 0 bridgehead atoms. The number of hydrogen-bond acceptors (Lipinski definition) is 3. The van der Waals surface area contributed by atoms with Crippen molar-refractivity contribution in [3.05, 3.63) is 95.8 Å². The Labute approximate surface area is 196 Å². The molecule has 0 amide bonds. The summed E-state index contributed by atoms with van der Waals surface area (Å²) in [6, 6.07) is 25.2. The fourth-order valence-electron chi connectivity index (χ4n) is 5.42. The van der Waals surface area contributed by atoms with Crippen molar-refractivity contribution in [1.82, 2.24) is 4.90 Å². The van der Waals surface area contributed by atoms with Crippen LogP contribution in [-0.2, 0) is 6.61 Å². The minimum absolute atomic E-state index is 0.218. The first kappa shape index (κ1) is 22.0. The second-order valence-electron chi connectivity index (χ2n) is 9.65. The maximum absolute atomic E-state index is 13.1. The van der Waals surface area contributed by atoms with E-state index < -0.39 is 0 Å². The van der Waals surface area contributed by atoms with Gasteiger partial charge in [0.25, 0.3) is 0 Å². The zero-order valence-electron chi connectivity index (χ0n) is 19.2. The number of benzene rings is 3. The molecule has 0 N–H and O–H groups in total. The molecule has 4 heteroatoms. The summed E-state index contributed by atoms with van der Waals surface area (Å²) in [5.74, 6) is 3.37. The van der Waals surface area contributed by atoms with E-state index in [1.165, 1.54) is 23.3 Å². The van der Waals surface area contributed by atoms with E-state index in [4.69, 9.17) is 9.47 Å². The second-order valence-corrected chi connectivity index (χ2v) is 9.65. The van der Waals surface area contributed by atoms with Gasteiger partial charge in [0.2, 0.25) is 0 Å². The van der Waals surface area contributed by atoms with Crippen LogP contribution < -0.4 is 9.47 Å². The molecule has 1 saturated carbocycles. The third kappa shape index (κ3) is 5.56. The van der Waals surface area contributed by atoms with Crippen LogP contribution in [0.25, 0.3) is 0 Å². The molecule has 3 aromatic rings. The molecule has 1 heterocycles. The summed E-state index contributed by atoms with van der Waals surface area (Å²) in [7, 11) is 0. The Kier molecular flexibility index (Phi) is 6.63. The average molecular weight is 446 g/mol. The molecule has 0 radical (unpaired) electrons. The van der Waals surface area contributed by atoms with Crippen LogP contribution >= 0.6 is 0 Å². The van der Waals surface area contributed by atoms with E-state index >= 15 is 0 Å². The fraction of sp³-hybridized carbons (Fsp3) is 0.379. The van der Waals surface area contributed by atoms with Crippen molar-refractivity contribution < 1.29 is 13.9 Å². The Morgan fingerprint density at radius 2 is 1.48 bits per heavy atom. The Bertz CT molecular complexity index is 1010. The molecule has 2 unspecified atom stereocenters. The standard InChI is InChI=1S/C29H32FNO2/c1-21(23-7-11-27(12-8-23)32-20-22-5-3-2-4-6-22)17-31-18-24-15-29(16-25(24)19-31)33-28-13-9-26(30)10-14-28/h2-14,21,24-25,29H,15-20H2,1H3/t21?,24-,25+,29?. The number of hydrogen-bond donors (Lipinski definition) is 0. The number of nitrogens with zero attached hydrogens (tertiary/aromatic N) is 1. The maximum Gasteiger partial charge on any atom is 0.123 e. The van der Waals surface area contributed by atoms with Crippen molar-refractivity contribution in [1.29, 1.82) is 0 Å². The van der Waals surface area contributed by atoms with Gasteiger partial charge in [-0.3, -0.25) is 0 Å². The van der Waals surface area contributed by atoms with Gasteiger partial charge in [-0.2, -0.15) is 0 Å². The number of ether oxygens (including phenoxy) is 2. The monoisotopic (exact) mass is 445 g/mol. The smallest absolute Gasteiger partial charge is 0.123 e. The molecular weight excluding hydrogens is 413 g/mol. The minimum atomic E-state index is -0.218. The summed E-state index contributed by atoms with van der Waals surface area (Å²) in [5, 5.41) is 0. The van der Waals surface area contributed by atoms with E-state index in [0.717, 1.165) is 44.0 Å². The number of likely N-dealkylation sites (tertiary alicyclic amines) is 1. The van der Waals surface area contributed by atoms with Crippen LogP contribution in [-0.4, -0.2) is 30.6 Å². The van der Waals surface area contributed by atoms with Crippen LogP contribution in [0, 0.1) is 17.7 Å². The molecular formula is C29H32FNO2. The van der Waals surface area contributed by atoms with Gasteiger partial charge in [-0.05, 0) is 78.1 Å². The van der Waals surface area contributed by atoms with E-state index in [9.17, 15) is 4.39 Å². The highest BCUT2D eigenvalue weighted by atomic mass is 19.1. The Morgan fingerprint density at radius 3 is 2.15 bits per heavy atom. The third-order valence-electron chi connectivity index (χ3n) is 7.13. The van der Waals surface area contributed by atoms with Crippen molar-refractivity contribution in [2.24, 2.45) is 11.8 Å². The maximum atomic E-state index is 13.1. The lowest BCUT2D eigenvalue weighted by Gasteiger charge is -2.23. The molecule has 5 rings (SSSR count). The summed E-state index contributed by atoms with van der Waals surface area (Å²) in [6.45, 7) is 6.29. The SMILES string of the molecule is CC(CN1C[C@H]2CC(Oc3ccc(F)cc3)C[C@H]2C1)c1ccc(OCc2ccccc2)cc1. The van der Waals surface area contributed by atoms with Crippen molar-refractivity contribution in [2.75, 3.05) is 19.6 Å². The summed E-state index contributed by atoms with van der Waals surface area (Å²) < 4.78 is 25.2. The summed E-state index contributed by atoms with van der Waals surface area (Å²) in [5.41, 5.74) is 2.54. The highest BCUT2D eigenvalue weighted by Crippen LogP contribution is 2.40. The predicted octanol–water partition coefficient (Wildman–Crippen LogP) is 6.30. The van der Waals surface area contributed by atoms with Gasteiger partial charge in [0.05, 0.1) is 6.10 Å². The summed E-state index contributed by atoms with van der Waals surface area (Å²) >= 11 is 0. The molecule has 3 nitrogen and oxygen atoms in total. The molecule has 3 aromatic carbocycles. The first-order valence-electron chi connectivity index (χ1n) is 12.0. The zero-order chi connectivity index (χ0) is 22.6. The van der Waals surface area contributed by atoms with Crippen LogP contribution in [0.4, 0.5) is 4.39 Å². The quantitative estimate of drug-likeness (QED) is 0.406. The van der Waals surface area contributed by atoms with Crippen molar-refractivity contribution in [2.45, 2.75) is 38.4 Å². The van der Waals surface area contributed by atoms with Crippen LogP contribution in [0.2, 0.25) is 0 Å². The summed E-state index contributed by atoms with van der Waals surface area (Å²) in [4.78, 5) is 2.62. The van der Waals surface area contributed by atoms with E-state index in [0.29, 0.717) is 24.4 Å². The topological polar surface area (TPSA) is 21.7 Å². The number of fused-ring (bicyclic) bond motifs is 1. The lowest BCUT2D eigenvalue weighted by atomic mass is 10.0. The van der Waals surface area contributed by atoms with Gasteiger partial charge in [0.1, 0.15) is 23.9 Å². The molecule has 2 fully saturated rings. The Balaban J connectivity index is 1.08. The minimum Gasteiger partial charge on any atom is -0.490 e. The molecule has 172 valence electrons. The molecule has 0 spiro atoms. The Morgan fingerprint density at radius 1 is 0.848 bits per heavy atom. The summed E-state index contributed by atoms with van der Waals surface area (Å²) in [6.07, 6.45) is 2.45. The third-order valence-corrected chi connectivity index (χ3v) is 7.13. The largest absolute Gasteiger partial charge is 0.490 e. The highest BCUT2D eigenvalue weighted by molar-refractivity contribution is 5.30. The van der Waals surface area contributed by atoms with Gasteiger partial charge >= 0.3 is 0 Å². The van der Waals surface area contributed by atoms with Crippen LogP contribution in [0.15, 0.2) is 78.9 Å². The number of halogens is 1. The molecule has 2 aliphatic rings. The second kappa shape index (κ2) is 9.96. The van der Waals surface area contributed by atoms with Gasteiger partial charge in [0, 0.05) is 19.6 Å². The van der Waals surface area contributed by atoms with Crippen molar-refractivity contribution in [3.8, 4) is 11.5 Å². The van der Waals surface area contributed by atoms with Crippen LogP contribution in [0.1, 0.15) is 36.8 Å². The first-order chi connectivity index (χ1) is 16.1. The van der Waals surface area contributed by atoms with E-state index in [1.54, 1.807) is 12.1 Å². The molecule has 1 aliphatic carbocycles. The van der Waals surface area contributed by atoms with Gasteiger partial charge < -0.3 is 14.4 Å². The molecule has 0 aromatic heterocycles. The van der Waals surface area contributed by atoms with Gasteiger partial charge in [0.15, 0.2) is 0 Å². The van der Waals surface area contributed by atoms with E-state index in [-0.39, 0.29) is 11.9 Å². The molecule has 4 atom stereocenters. The van der Waals surface area contributed by atoms with Crippen LogP contribution in [0.3, 0.4) is 0 Å².